The topological polar surface area (TPSA) is 28.4 Å². The van der Waals surface area contributed by atoms with Crippen molar-refractivity contribution < 1.29 is 4.42 Å². The summed E-state index contributed by atoms with van der Waals surface area (Å²) in [5.41, 5.74) is 17.9. The van der Waals surface area contributed by atoms with E-state index in [2.05, 4.69) is 255 Å². The van der Waals surface area contributed by atoms with Crippen molar-refractivity contribution in [1.82, 2.24) is 8.80 Å². The van der Waals surface area contributed by atoms with Crippen LogP contribution in [0.25, 0.3) is 109 Å². The zero-order chi connectivity index (χ0) is 46.3. The smallest absolute Gasteiger partial charge is 0.137 e. The molecule has 5 aromatic heterocycles. The van der Waals surface area contributed by atoms with Crippen LogP contribution in [0.4, 0.5) is 34.1 Å². The van der Waals surface area contributed by atoms with Gasteiger partial charge in [0.25, 0.3) is 0 Å². The molecule has 0 aliphatic heterocycles. The lowest BCUT2D eigenvalue weighted by Crippen LogP contribution is -2.12. The fourth-order valence-corrected chi connectivity index (χ4v) is 12.1. The van der Waals surface area contributed by atoms with Crippen molar-refractivity contribution in [3.8, 4) is 11.1 Å². The fraction of sp³-hybridized carbons (Fsp3) is 0. The molecule has 5 heteroatoms. The van der Waals surface area contributed by atoms with E-state index in [9.17, 15) is 0 Å². The Kier molecular flexibility index (Phi) is 7.82. The van der Waals surface area contributed by atoms with Crippen LogP contribution in [-0.4, -0.2) is 8.80 Å². The molecule has 0 N–H and O–H groups in total. The first-order valence-corrected chi connectivity index (χ1v) is 24.3. The Labute approximate surface area is 407 Å². The number of anilines is 6. The van der Waals surface area contributed by atoms with Gasteiger partial charge in [0, 0.05) is 76.9 Å². The van der Waals surface area contributed by atoms with Crippen molar-refractivity contribution in [2.24, 2.45) is 0 Å². The van der Waals surface area contributed by atoms with Gasteiger partial charge in [-0.05, 0) is 114 Å². The van der Waals surface area contributed by atoms with Crippen LogP contribution in [0.2, 0.25) is 0 Å². The normalized spacial score (nSPS) is 12.2. The predicted molar refractivity (Wildman–Crippen MR) is 298 cm³/mol. The predicted octanol–water partition coefficient (Wildman–Crippen LogP) is 18.5. The highest BCUT2D eigenvalue weighted by Crippen LogP contribution is 2.49. The van der Waals surface area contributed by atoms with E-state index >= 15 is 0 Å². The molecule has 16 aromatic rings. The van der Waals surface area contributed by atoms with Gasteiger partial charge in [-0.25, -0.2) is 0 Å². The third-order valence-electron chi connectivity index (χ3n) is 15.1. The van der Waals surface area contributed by atoms with Gasteiger partial charge >= 0.3 is 0 Å². The molecule has 0 aliphatic rings. The molecule has 0 fully saturated rings. The molecule has 0 amide bonds. The number of benzene rings is 11. The largest absolute Gasteiger partial charge is 0.456 e. The Balaban J connectivity index is 0.950. The van der Waals surface area contributed by atoms with Gasteiger partial charge in [-0.15, -0.1) is 0 Å². The second-order valence-corrected chi connectivity index (χ2v) is 18.9. The van der Waals surface area contributed by atoms with Crippen LogP contribution in [0.15, 0.2) is 247 Å². The number of fused-ring (bicyclic) bond motifs is 15. The van der Waals surface area contributed by atoms with Crippen molar-refractivity contribution in [3.05, 3.63) is 243 Å². The van der Waals surface area contributed by atoms with Crippen molar-refractivity contribution >= 4 is 132 Å². The lowest BCUT2D eigenvalue weighted by Gasteiger charge is -2.29. The quantitative estimate of drug-likeness (QED) is 0.160. The van der Waals surface area contributed by atoms with E-state index in [1.54, 1.807) is 0 Å². The minimum atomic E-state index is 0.857. The average molecular weight is 905 g/mol. The summed E-state index contributed by atoms with van der Waals surface area (Å²) in [6.45, 7) is 0. The van der Waals surface area contributed by atoms with Gasteiger partial charge in [0.05, 0.1) is 44.2 Å². The average Bonchev–Trinajstić information content (AvgIpc) is 4.24. The number of hydrogen-bond donors (Lipinski definition) is 0. The van der Waals surface area contributed by atoms with E-state index in [0.717, 1.165) is 56.1 Å². The zero-order valence-corrected chi connectivity index (χ0v) is 38.3. The third-order valence-corrected chi connectivity index (χ3v) is 15.1. The molecule has 11 aromatic carbocycles. The van der Waals surface area contributed by atoms with E-state index in [0.29, 0.717) is 0 Å². The summed E-state index contributed by atoms with van der Waals surface area (Å²) < 4.78 is 11.4. The summed E-state index contributed by atoms with van der Waals surface area (Å²) in [5.74, 6) is 0. The Morgan fingerprint density at radius 3 is 1.14 bits per heavy atom. The molecule has 0 saturated heterocycles. The molecule has 0 spiro atoms. The third kappa shape index (κ3) is 5.40. The van der Waals surface area contributed by atoms with Crippen molar-refractivity contribution in [1.29, 1.82) is 0 Å². The summed E-state index contributed by atoms with van der Waals surface area (Å²) in [4.78, 5) is 4.86. The number of nitrogens with zero attached hydrogens (tertiary/aromatic N) is 4. The van der Waals surface area contributed by atoms with Gasteiger partial charge in [-0.3, -0.25) is 0 Å². The SMILES string of the molecule is c1ccc(-c2ccc(N(c3ccc(N(c4cc5c6ccccc6n6c7ccccc7c(c4)c56)c4cc5c6ccccc6n6c7ccccc7c(c4)c56)cc3)c3cccc4oc5ccccc5c34)cc2)cc1. The van der Waals surface area contributed by atoms with Gasteiger partial charge in [0.2, 0.25) is 0 Å². The maximum absolute atomic E-state index is 6.50. The summed E-state index contributed by atoms with van der Waals surface area (Å²) >= 11 is 0. The minimum absolute atomic E-state index is 0.857. The second kappa shape index (κ2) is 14.5. The number of hydrogen-bond acceptors (Lipinski definition) is 3. The summed E-state index contributed by atoms with van der Waals surface area (Å²) in [6.07, 6.45) is 0. The van der Waals surface area contributed by atoms with Gasteiger partial charge in [-0.1, -0.05) is 140 Å². The maximum Gasteiger partial charge on any atom is 0.137 e. The van der Waals surface area contributed by atoms with E-state index in [1.807, 2.05) is 6.07 Å². The van der Waals surface area contributed by atoms with Crippen LogP contribution in [0.3, 0.4) is 0 Å². The molecule has 0 unspecified atom stereocenters. The van der Waals surface area contributed by atoms with Crippen LogP contribution in [-0.2, 0) is 0 Å². The highest BCUT2D eigenvalue weighted by Gasteiger charge is 2.26. The molecule has 71 heavy (non-hydrogen) atoms. The lowest BCUT2D eigenvalue weighted by molar-refractivity contribution is 0.669. The molecule has 330 valence electrons. The Morgan fingerprint density at radius 2 is 0.648 bits per heavy atom. The highest BCUT2D eigenvalue weighted by molar-refractivity contribution is 6.26. The molecular formula is C66H40N4O. The summed E-state index contributed by atoms with van der Waals surface area (Å²) in [6, 6.07) is 88.5. The Bertz CT molecular complexity index is 4400. The second-order valence-electron chi connectivity index (χ2n) is 18.9. The molecule has 0 aliphatic carbocycles. The molecule has 0 bridgehead atoms. The molecule has 0 atom stereocenters. The van der Waals surface area contributed by atoms with Crippen LogP contribution in [0, 0.1) is 0 Å². The van der Waals surface area contributed by atoms with E-state index in [-0.39, 0.29) is 0 Å². The van der Waals surface area contributed by atoms with Gasteiger partial charge in [0.1, 0.15) is 11.2 Å². The number of furan rings is 1. The van der Waals surface area contributed by atoms with E-state index < -0.39 is 0 Å². The van der Waals surface area contributed by atoms with Gasteiger partial charge < -0.3 is 23.0 Å². The first-order chi connectivity index (χ1) is 35.2. The Hall–Kier alpha value is -9.58. The first-order valence-electron chi connectivity index (χ1n) is 24.3. The van der Waals surface area contributed by atoms with Crippen LogP contribution < -0.4 is 9.80 Å². The van der Waals surface area contributed by atoms with Crippen molar-refractivity contribution in [2.45, 2.75) is 0 Å². The van der Waals surface area contributed by atoms with Gasteiger partial charge in [0.15, 0.2) is 0 Å². The standard InChI is InChI=1S/C66H40N4O/c1-2-15-41(16-3-1)42-29-31-44(32-30-42)68(61-26-14-28-63-64(61)52-21-8-13-27-62(52)71-63)45-35-33-43(34-36-45)67(46-37-53-48-17-4-9-22-57(48)69-58-23-10-5-18-49(58)54(38-46)65(53)69)47-39-55-50-19-6-11-24-59(50)70-60-25-12-7-20-51(60)56(40-47)66(55)70/h1-40H. The summed E-state index contributed by atoms with van der Waals surface area (Å²) in [7, 11) is 0. The molecule has 5 heterocycles. The molecule has 0 radical (unpaired) electrons. The first kappa shape index (κ1) is 38.4. The van der Waals surface area contributed by atoms with E-state index in [4.69, 9.17) is 4.42 Å². The fourth-order valence-electron chi connectivity index (χ4n) is 12.1. The molecular weight excluding hydrogens is 865 g/mol. The monoisotopic (exact) mass is 904 g/mol. The lowest BCUT2D eigenvalue weighted by atomic mass is 10.0. The molecule has 16 rings (SSSR count). The highest BCUT2D eigenvalue weighted by atomic mass is 16.3. The number of rotatable bonds is 7. The van der Waals surface area contributed by atoms with Crippen LogP contribution in [0.5, 0.6) is 0 Å². The van der Waals surface area contributed by atoms with Crippen LogP contribution in [0.1, 0.15) is 0 Å². The van der Waals surface area contributed by atoms with Crippen LogP contribution >= 0.6 is 0 Å². The van der Waals surface area contributed by atoms with E-state index in [1.165, 1.54) is 87.3 Å². The number of aromatic nitrogens is 2. The number of para-hydroxylation sites is 5. The summed E-state index contributed by atoms with van der Waals surface area (Å²) in [5, 5.41) is 12.1. The maximum atomic E-state index is 6.50. The van der Waals surface area contributed by atoms with Crippen molar-refractivity contribution in [3.63, 3.8) is 0 Å². The minimum Gasteiger partial charge on any atom is -0.456 e. The van der Waals surface area contributed by atoms with Crippen molar-refractivity contribution in [2.75, 3.05) is 9.80 Å². The Morgan fingerprint density at radius 1 is 0.268 bits per heavy atom. The molecule has 0 saturated carbocycles. The molecule has 5 nitrogen and oxygen atoms in total. The zero-order valence-electron chi connectivity index (χ0n) is 38.3. The van der Waals surface area contributed by atoms with Gasteiger partial charge in [-0.2, -0.15) is 0 Å².